The first-order chi connectivity index (χ1) is 8.46. The summed E-state index contributed by atoms with van der Waals surface area (Å²) in [7, 11) is 0. The number of nitrogens with one attached hydrogen (secondary N) is 1. The van der Waals surface area contributed by atoms with Gasteiger partial charge in [-0.05, 0) is 75.3 Å². The Morgan fingerprint density at radius 2 is 2.06 bits per heavy atom. The van der Waals surface area contributed by atoms with Crippen LogP contribution in [0, 0.1) is 17.3 Å². The van der Waals surface area contributed by atoms with Crippen molar-refractivity contribution < 1.29 is 4.42 Å². The Hall–Kier alpha value is -0.760. The molecule has 1 N–H and O–H groups in total. The first-order valence-corrected chi connectivity index (χ1v) is 7.22. The van der Waals surface area contributed by atoms with Crippen LogP contribution < -0.4 is 5.32 Å². The lowest BCUT2D eigenvalue weighted by Crippen LogP contribution is -2.44. The molecule has 100 valence electrons. The maximum atomic E-state index is 5.23. The molecular formula is C16H25NO. The van der Waals surface area contributed by atoms with Gasteiger partial charge in [0.15, 0.2) is 0 Å². The lowest BCUT2D eigenvalue weighted by molar-refractivity contribution is 0.222. The Kier molecular flexibility index (Phi) is 2.81. The van der Waals surface area contributed by atoms with Gasteiger partial charge in [0.05, 0.1) is 12.5 Å². The van der Waals surface area contributed by atoms with Crippen molar-refractivity contribution in [1.29, 1.82) is 0 Å². The van der Waals surface area contributed by atoms with Crippen LogP contribution >= 0.6 is 0 Å². The fourth-order valence-electron chi connectivity index (χ4n) is 3.64. The van der Waals surface area contributed by atoms with Crippen LogP contribution in [0.25, 0.3) is 0 Å². The van der Waals surface area contributed by atoms with Crippen LogP contribution in [0.5, 0.6) is 0 Å². The summed E-state index contributed by atoms with van der Waals surface area (Å²) < 4.78 is 5.23. The standard InChI is InChI=1S/C16H25NO/c1-15(2,3)17-11-16(7-12-4-5-18-10-12)8-13-6-14(13)9-16/h4-5,10,13-14,17H,6-9,11H2,1-3H3. The van der Waals surface area contributed by atoms with E-state index in [-0.39, 0.29) is 5.54 Å². The largest absolute Gasteiger partial charge is 0.472 e. The third kappa shape index (κ3) is 2.64. The van der Waals surface area contributed by atoms with Crippen molar-refractivity contribution in [3.05, 3.63) is 24.2 Å². The Balaban J connectivity index is 1.68. The van der Waals surface area contributed by atoms with Gasteiger partial charge in [0.25, 0.3) is 0 Å². The minimum absolute atomic E-state index is 0.218. The monoisotopic (exact) mass is 247 g/mol. The summed E-state index contributed by atoms with van der Waals surface area (Å²) in [6, 6.07) is 2.13. The zero-order valence-electron chi connectivity index (χ0n) is 11.8. The first-order valence-electron chi connectivity index (χ1n) is 7.22. The molecule has 2 fully saturated rings. The quantitative estimate of drug-likeness (QED) is 0.879. The van der Waals surface area contributed by atoms with E-state index >= 15 is 0 Å². The molecule has 2 aliphatic rings. The fraction of sp³-hybridized carbons (Fsp3) is 0.750. The van der Waals surface area contributed by atoms with Crippen LogP contribution in [0.15, 0.2) is 23.0 Å². The molecule has 3 rings (SSSR count). The molecule has 1 heterocycles. The molecule has 1 aromatic rings. The van der Waals surface area contributed by atoms with E-state index < -0.39 is 0 Å². The maximum Gasteiger partial charge on any atom is 0.0934 e. The Morgan fingerprint density at radius 3 is 2.61 bits per heavy atom. The molecule has 1 aromatic heterocycles. The Morgan fingerprint density at radius 1 is 1.33 bits per heavy atom. The highest BCUT2D eigenvalue weighted by atomic mass is 16.3. The highest BCUT2D eigenvalue weighted by Gasteiger charge is 2.53. The van der Waals surface area contributed by atoms with Gasteiger partial charge in [-0.15, -0.1) is 0 Å². The van der Waals surface area contributed by atoms with Crippen molar-refractivity contribution >= 4 is 0 Å². The molecule has 0 aromatic carbocycles. The van der Waals surface area contributed by atoms with Gasteiger partial charge in [-0.3, -0.25) is 0 Å². The second kappa shape index (κ2) is 4.12. The van der Waals surface area contributed by atoms with Gasteiger partial charge in [0, 0.05) is 12.1 Å². The lowest BCUT2D eigenvalue weighted by Gasteiger charge is -2.34. The molecule has 0 bridgehead atoms. The number of hydrogen-bond donors (Lipinski definition) is 1. The number of rotatable bonds is 4. The van der Waals surface area contributed by atoms with E-state index in [1.54, 1.807) is 6.26 Å². The molecule has 0 radical (unpaired) electrons. The Labute approximate surface area is 110 Å². The highest BCUT2D eigenvalue weighted by Crippen LogP contribution is 2.60. The third-order valence-corrected chi connectivity index (χ3v) is 4.61. The van der Waals surface area contributed by atoms with Crippen molar-refractivity contribution in [2.24, 2.45) is 17.3 Å². The zero-order valence-corrected chi connectivity index (χ0v) is 11.8. The molecule has 2 atom stereocenters. The average molecular weight is 247 g/mol. The lowest BCUT2D eigenvalue weighted by atomic mass is 9.77. The maximum absolute atomic E-state index is 5.23. The summed E-state index contributed by atoms with van der Waals surface area (Å²) >= 11 is 0. The number of fused-ring (bicyclic) bond motifs is 1. The summed E-state index contributed by atoms with van der Waals surface area (Å²) in [5.74, 6) is 2.05. The van der Waals surface area contributed by atoms with Crippen LogP contribution in [0.2, 0.25) is 0 Å². The normalized spacial score (nSPS) is 34.6. The topological polar surface area (TPSA) is 25.2 Å². The minimum Gasteiger partial charge on any atom is -0.472 e. The van der Waals surface area contributed by atoms with Gasteiger partial charge in [-0.25, -0.2) is 0 Å². The second-order valence-corrected chi connectivity index (χ2v) is 7.58. The molecule has 2 saturated carbocycles. The SMILES string of the molecule is CC(C)(C)NCC1(Cc2ccoc2)CC2CC2C1. The van der Waals surface area contributed by atoms with Crippen LogP contribution in [-0.4, -0.2) is 12.1 Å². The van der Waals surface area contributed by atoms with Crippen molar-refractivity contribution in [2.75, 3.05) is 6.54 Å². The summed E-state index contributed by atoms with van der Waals surface area (Å²) in [5.41, 5.74) is 2.06. The van der Waals surface area contributed by atoms with E-state index in [4.69, 9.17) is 4.42 Å². The van der Waals surface area contributed by atoms with E-state index in [9.17, 15) is 0 Å². The van der Waals surface area contributed by atoms with Crippen LogP contribution in [0.1, 0.15) is 45.6 Å². The van der Waals surface area contributed by atoms with E-state index in [2.05, 4.69) is 32.2 Å². The van der Waals surface area contributed by atoms with Gasteiger partial charge in [-0.1, -0.05) is 0 Å². The molecular weight excluding hydrogens is 222 g/mol. The molecule has 0 amide bonds. The van der Waals surface area contributed by atoms with E-state index in [0.29, 0.717) is 5.41 Å². The average Bonchev–Trinajstić information content (AvgIpc) is 2.73. The van der Waals surface area contributed by atoms with Crippen LogP contribution in [0.3, 0.4) is 0 Å². The van der Waals surface area contributed by atoms with E-state index in [0.717, 1.165) is 18.4 Å². The molecule has 0 aliphatic heterocycles. The van der Waals surface area contributed by atoms with Crippen molar-refractivity contribution in [3.63, 3.8) is 0 Å². The number of hydrogen-bond acceptors (Lipinski definition) is 2. The molecule has 2 unspecified atom stereocenters. The third-order valence-electron chi connectivity index (χ3n) is 4.61. The predicted molar refractivity (Wildman–Crippen MR) is 73.4 cm³/mol. The van der Waals surface area contributed by atoms with Gasteiger partial charge in [0.1, 0.15) is 0 Å². The van der Waals surface area contributed by atoms with Crippen molar-refractivity contribution in [2.45, 2.75) is 52.0 Å². The molecule has 2 heteroatoms. The summed E-state index contributed by atoms with van der Waals surface area (Å²) in [6.07, 6.45) is 9.21. The van der Waals surface area contributed by atoms with Gasteiger partial charge >= 0.3 is 0 Å². The molecule has 18 heavy (non-hydrogen) atoms. The molecule has 2 aliphatic carbocycles. The molecule has 0 spiro atoms. The van der Waals surface area contributed by atoms with Crippen molar-refractivity contribution in [3.8, 4) is 0 Å². The minimum atomic E-state index is 0.218. The molecule has 0 saturated heterocycles. The Bertz CT molecular complexity index is 391. The first kappa shape index (κ1) is 12.3. The molecule has 2 nitrogen and oxygen atoms in total. The van der Waals surface area contributed by atoms with E-state index in [1.807, 2.05) is 6.26 Å². The highest BCUT2D eigenvalue weighted by molar-refractivity contribution is 5.14. The van der Waals surface area contributed by atoms with Gasteiger partial charge in [-0.2, -0.15) is 0 Å². The zero-order chi connectivity index (χ0) is 12.8. The summed E-state index contributed by atoms with van der Waals surface area (Å²) in [5, 5.41) is 3.73. The fourth-order valence-corrected chi connectivity index (χ4v) is 3.64. The summed E-state index contributed by atoms with van der Waals surface area (Å²) in [4.78, 5) is 0. The van der Waals surface area contributed by atoms with Crippen LogP contribution in [-0.2, 0) is 6.42 Å². The van der Waals surface area contributed by atoms with Crippen molar-refractivity contribution in [1.82, 2.24) is 5.32 Å². The van der Waals surface area contributed by atoms with E-state index in [1.165, 1.54) is 31.2 Å². The van der Waals surface area contributed by atoms with Gasteiger partial charge in [0.2, 0.25) is 0 Å². The number of furan rings is 1. The second-order valence-electron chi connectivity index (χ2n) is 7.58. The summed E-state index contributed by atoms with van der Waals surface area (Å²) in [6.45, 7) is 7.92. The van der Waals surface area contributed by atoms with Gasteiger partial charge < -0.3 is 9.73 Å². The predicted octanol–water partition coefficient (Wildman–Crippen LogP) is 3.63. The van der Waals surface area contributed by atoms with Crippen LogP contribution in [0.4, 0.5) is 0 Å². The smallest absolute Gasteiger partial charge is 0.0934 e.